The molecule has 0 spiro atoms. The van der Waals surface area contributed by atoms with Crippen LogP contribution in [0, 0.1) is 0 Å². The van der Waals surface area contributed by atoms with Crippen LogP contribution < -0.4 is 9.62 Å². The molecule has 0 radical (unpaired) electrons. The summed E-state index contributed by atoms with van der Waals surface area (Å²) in [6.07, 6.45) is 1.95. The van der Waals surface area contributed by atoms with Crippen LogP contribution in [0.5, 0.6) is 0 Å². The number of carbonyl (C=O) groups is 1. The van der Waals surface area contributed by atoms with E-state index < -0.39 is 10.0 Å². The lowest BCUT2D eigenvalue weighted by atomic mass is 10.2. The Morgan fingerprint density at radius 2 is 1.50 bits per heavy atom. The summed E-state index contributed by atoms with van der Waals surface area (Å²) < 4.78 is 26.6. The molecule has 0 heterocycles. The van der Waals surface area contributed by atoms with Crippen LogP contribution in [0.2, 0.25) is 0 Å². The molecule has 0 saturated carbocycles. The predicted octanol–water partition coefficient (Wildman–Crippen LogP) is 4.49. The molecule has 0 bridgehead atoms. The van der Waals surface area contributed by atoms with Crippen molar-refractivity contribution in [3.05, 3.63) is 84.4 Å². The van der Waals surface area contributed by atoms with Crippen LogP contribution in [0.4, 0.5) is 11.4 Å². The van der Waals surface area contributed by atoms with Crippen molar-refractivity contribution in [1.29, 1.82) is 0 Å². The molecule has 1 N–H and O–H groups in total. The van der Waals surface area contributed by atoms with E-state index in [1.807, 2.05) is 30.5 Å². The van der Waals surface area contributed by atoms with Gasteiger partial charge in [0.2, 0.25) is 0 Å². The molecular formula is C21H20N2O3S2. The molecule has 144 valence electrons. The molecule has 28 heavy (non-hydrogen) atoms. The van der Waals surface area contributed by atoms with E-state index in [4.69, 9.17) is 0 Å². The average Bonchev–Trinajstić information content (AvgIpc) is 2.74. The highest BCUT2D eigenvalue weighted by atomic mass is 32.2. The van der Waals surface area contributed by atoms with Crippen molar-refractivity contribution in [2.75, 3.05) is 22.9 Å². The highest BCUT2D eigenvalue weighted by Gasteiger charge is 2.21. The number of nitrogens with one attached hydrogen (secondary N) is 1. The van der Waals surface area contributed by atoms with Crippen LogP contribution in [-0.2, 0) is 10.0 Å². The first kappa shape index (κ1) is 20.0. The van der Waals surface area contributed by atoms with Crippen LogP contribution in [-0.4, -0.2) is 27.6 Å². The van der Waals surface area contributed by atoms with Gasteiger partial charge in [0.15, 0.2) is 0 Å². The van der Waals surface area contributed by atoms with Crippen LogP contribution in [0.1, 0.15) is 10.4 Å². The van der Waals surface area contributed by atoms with Crippen molar-refractivity contribution < 1.29 is 13.2 Å². The standard InChI is InChI=1S/C21H20N2O3S2/c1-23(28(25,26)18-8-4-3-5-9-18)17-14-12-16(13-15-17)21(24)22-19-10-6-7-11-20(19)27-2/h3-15H,1-2H3,(H,22,24). The maximum Gasteiger partial charge on any atom is 0.264 e. The molecular weight excluding hydrogens is 392 g/mol. The van der Waals surface area contributed by atoms with Gasteiger partial charge >= 0.3 is 0 Å². The molecule has 7 heteroatoms. The second kappa shape index (κ2) is 8.50. The molecule has 3 aromatic carbocycles. The van der Waals surface area contributed by atoms with E-state index in [0.717, 1.165) is 10.6 Å². The summed E-state index contributed by atoms with van der Waals surface area (Å²) in [6, 6.07) is 22.3. The summed E-state index contributed by atoms with van der Waals surface area (Å²) in [5.41, 5.74) is 1.67. The lowest BCUT2D eigenvalue weighted by Crippen LogP contribution is -2.26. The van der Waals surface area contributed by atoms with Crippen molar-refractivity contribution in [3.63, 3.8) is 0 Å². The SMILES string of the molecule is CSc1ccccc1NC(=O)c1ccc(N(C)S(=O)(=O)c2ccccc2)cc1. The monoisotopic (exact) mass is 412 g/mol. The summed E-state index contributed by atoms with van der Waals surface area (Å²) >= 11 is 1.55. The van der Waals surface area contributed by atoms with Gasteiger partial charge in [-0.2, -0.15) is 0 Å². The minimum Gasteiger partial charge on any atom is -0.321 e. The number of carbonyl (C=O) groups excluding carboxylic acids is 1. The molecule has 0 aromatic heterocycles. The van der Waals surface area contributed by atoms with E-state index in [0.29, 0.717) is 11.3 Å². The van der Waals surface area contributed by atoms with E-state index in [2.05, 4.69) is 5.32 Å². The number of para-hydroxylation sites is 1. The van der Waals surface area contributed by atoms with Gasteiger partial charge < -0.3 is 5.32 Å². The number of benzene rings is 3. The normalized spacial score (nSPS) is 11.1. The van der Waals surface area contributed by atoms with E-state index in [1.54, 1.807) is 66.4 Å². The number of sulfonamides is 1. The number of hydrogen-bond donors (Lipinski definition) is 1. The smallest absolute Gasteiger partial charge is 0.264 e. The van der Waals surface area contributed by atoms with Gasteiger partial charge in [-0.25, -0.2) is 8.42 Å². The molecule has 3 rings (SSSR count). The molecule has 0 atom stereocenters. The number of nitrogens with zero attached hydrogens (tertiary/aromatic N) is 1. The molecule has 0 fully saturated rings. The summed E-state index contributed by atoms with van der Waals surface area (Å²) in [6.45, 7) is 0. The van der Waals surface area contributed by atoms with E-state index in [1.165, 1.54) is 11.4 Å². The summed E-state index contributed by atoms with van der Waals surface area (Å²) in [4.78, 5) is 13.7. The van der Waals surface area contributed by atoms with Crippen molar-refractivity contribution in [2.24, 2.45) is 0 Å². The van der Waals surface area contributed by atoms with Gasteiger partial charge in [0, 0.05) is 17.5 Å². The van der Waals surface area contributed by atoms with E-state index in [-0.39, 0.29) is 10.8 Å². The Balaban J connectivity index is 1.78. The Morgan fingerprint density at radius 3 is 2.14 bits per heavy atom. The number of hydrogen-bond acceptors (Lipinski definition) is 4. The Morgan fingerprint density at radius 1 is 0.893 bits per heavy atom. The highest BCUT2D eigenvalue weighted by molar-refractivity contribution is 7.98. The number of anilines is 2. The summed E-state index contributed by atoms with van der Waals surface area (Å²) in [5, 5.41) is 2.89. The van der Waals surface area contributed by atoms with Gasteiger partial charge in [-0.05, 0) is 54.8 Å². The molecule has 0 aliphatic heterocycles. The average molecular weight is 413 g/mol. The zero-order valence-electron chi connectivity index (χ0n) is 15.5. The minimum atomic E-state index is -3.65. The van der Waals surface area contributed by atoms with Crippen LogP contribution in [0.25, 0.3) is 0 Å². The lowest BCUT2D eigenvalue weighted by Gasteiger charge is -2.19. The Bertz CT molecular complexity index is 1070. The van der Waals surface area contributed by atoms with Gasteiger partial charge in [0.05, 0.1) is 16.3 Å². The zero-order chi connectivity index (χ0) is 20.1. The fraction of sp³-hybridized carbons (Fsp3) is 0.0952. The van der Waals surface area contributed by atoms with Crippen molar-refractivity contribution >= 4 is 39.1 Å². The number of amides is 1. The van der Waals surface area contributed by atoms with Crippen LogP contribution >= 0.6 is 11.8 Å². The van der Waals surface area contributed by atoms with Crippen molar-refractivity contribution in [3.8, 4) is 0 Å². The van der Waals surface area contributed by atoms with Gasteiger partial charge in [-0.15, -0.1) is 11.8 Å². The largest absolute Gasteiger partial charge is 0.321 e. The fourth-order valence-corrected chi connectivity index (χ4v) is 4.42. The van der Waals surface area contributed by atoms with Gasteiger partial charge in [-0.3, -0.25) is 9.10 Å². The fourth-order valence-electron chi connectivity index (χ4n) is 2.65. The molecule has 0 aliphatic rings. The summed E-state index contributed by atoms with van der Waals surface area (Å²) in [5.74, 6) is -0.249. The second-order valence-corrected chi connectivity index (χ2v) is 8.80. The number of thioether (sulfide) groups is 1. The molecule has 0 aliphatic carbocycles. The Hall–Kier alpha value is -2.77. The third kappa shape index (κ3) is 4.21. The first-order valence-electron chi connectivity index (χ1n) is 8.52. The number of rotatable bonds is 6. The van der Waals surface area contributed by atoms with Crippen molar-refractivity contribution in [1.82, 2.24) is 0 Å². The first-order chi connectivity index (χ1) is 13.4. The second-order valence-electron chi connectivity index (χ2n) is 5.99. The highest BCUT2D eigenvalue weighted by Crippen LogP contribution is 2.26. The van der Waals surface area contributed by atoms with E-state index >= 15 is 0 Å². The van der Waals surface area contributed by atoms with Crippen LogP contribution in [0.15, 0.2) is 88.7 Å². The molecule has 3 aromatic rings. The molecule has 0 unspecified atom stereocenters. The molecule has 5 nitrogen and oxygen atoms in total. The molecule has 1 amide bonds. The summed E-state index contributed by atoms with van der Waals surface area (Å²) in [7, 11) is -2.16. The van der Waals surface area contributed by atoms with Gasteiger partial charge in [-0.1, -0.05) is 30.3 Å². The van der Waals surface area contributed by atoms with Crippen LogP contribution in [0.3, 0.4) is 0 Å². The predicted molar refractivity (Wildman–Crippen MR) is 115 cm³/mol. The van der Waals surface area contributed by atoms with Gasteiger partial charge in [0.25, 0.3) is 15.9 Å². The Kier molecular flexibility index (Phi) is 6.06. The quantitative estimate of drug-likeness (QED) is 0.606. The molecule has 0 saturated heterocycles. The maximum absolute atomic E-state index is 12.7. The topological polar surface area (TPSA) is 66.5 Å². The Labute approximate surface area is 169 Å². The minimum absolute atomic E-state index is 0.216. The lowest BCUT2D eigenvalue weighted by molar-refractivity contribution is 0.102. The van der Waals surface area contributed by atoms with E-state index in [9.17, 15) is 13.2 Å². The third-order valence-electron chi connectivity index (χ3n) is 4.25. The first-order valence-corrected chi connectivity index (χ1v) is 11.2. The van der Waals surface area contributed by atoms with Crippen molar-refractivity contribution in [2.45, 2.75) is 9.79 Å². The maximum atomic E-state index is 12.7. The van der Waals surface area contributed by atoms with Gasteiger partial charge in [0.1, 0.15) is 0 Å². The zero-order valence-corrected chi connectivity index (χ0v) is 17.1. The third-order valence-corrected chi connectivity index (χ3v) is 6.85.